The lowest BCUT2D eigenvalue weighted by atomic mass is 9.79. The molecule has 2 aliphatic rings. The van der Waals surface area contributed by atoms with Crippen LogP contribution in [-0.2, 0) is 33.7 Å². The number of aromatic nitrogens is 4. The van der Waals surface area contributed by atoms with Gasteiger partial charge in [0.1, 0.15) is 34.9 Å². The lowest BCUT2D eigenvalue weighted by Gasteiger charge is -2.44. The van der Waals surface area contributed by atoms with Crippen molar-refractivity contribution in [2.45, 2.75) is 103 Å². The molecule has 2 aromatic heterocycles. The summed E-state index contributed by atoms with van der Waals surface area (Å²) in [5, 5.41) is 12.2. The van der Waals surface area contributed by atoms with E-state index in [9.17, 15) is 14.9 Å². The fourth-order valence-electron chi connectivity index (χ4n) is 8.32. The van der Waals surface area contributed by atoms with Gasteiger partial charge in [-0.25, -0.2) is 9.65 Å². The number of anilines is 1. The van der Waals surface area contributed by atoms with Gasteiger partial charge in [0.25, 0.3) is 14.1 Å². The molecule has 2 bridgehead atoms. The van der Waals surface area contributed by atoms with Crippen LogP contribution in [0.5, 0.6) is 11.5 Å². The standard InChI is InChI=1S/C46H56N7O9P/c1-28(2)41(54)50-44-49-40-37(42(55)51-44)48-27-52(40)43-38-39(62-63(59-25-13-24-47)53(29(3)4)30(5)6)45(61-43,26-58-38)31(7)60-46(32-14-11-10-12-15-32,33-16-20-35(56-8)21-17-33)34-18-22-36(57-9)23-19-34/h10-12,14-23,27-31,38-39,43H,13,25-26H2,1-9H3,(H2,49,50,51,54,55)/t31-,38-,39+,43-,45-,63?/m1/s1. The second kappa shape index (κ2) is 19.2. The number of amides is 1. The number of methoxy groups -OCH3 is 2. The maximum atomic E-state index is 13.4. The van der Waals surface area contributed by atoms with Gasteiger partial charge in [0.05, 0.1) is 52.4 Å². The van der Waals surface area contributed by atoms with E-state index in [-0.39, 0.29) is 60.7 Å². The Kier molecular flexibility index (Phi) is 14.0. The molecule has 2 saturated heterocycles. The van der Waals surface area contributed by atoms with Gasteiger partial charge >= 0.3 is 0 Å². The number of carbonyl (C=O) groups is 1. The molecule has 6 atom stereocenters. The molecule has 0 aliphatic carbocycles. The number of nitriles is 1. The number of nitrogens with one attached hydrogen (secondary N) is 2. The number of hydrogen-bond donors (Lipinski definition) is 2. The summed E-state index contributed by atoms with van der Waals surface area (Å²) in [4.78, 5) is 37.8. The van der Waals surface area contributed by atoms with Crippen LogP contribution in [0.2, 0.25) is 0 Å². The lowest BCUT2D eigenvalue weighted by molar-refractivity contribution is -0.228. The molecule has 17 heteroatoms. The van der Waals surface area contributed by atoms with Crippen LogP contribution >= 0.6 is 8.53 Å². The number of ether oxygens (including phenoxy) is 5. The third kappa shape index (κ3) is 8.84. The van der Waals surface area contributed by atoms with Crippen molar-refractivity contribution in [3.8, 4) is 17.6 Å². The predicted octanol–water partition coefficient (Wildman–Crippen LogP) is 7.46. The van der Waals surface area contributed by atoms with Crippen molar-refractivity contribution in [3.63, 3.8) is 0 Å². The Balaban J connectivity index is 1.40. The van der Waals surface area contributed by atoms with Gasteiger partial charge in [0.2, 0.25) is 11.9 Å². The Labute approximate surface area is 368 Å². The first kappa shape index (κ1) is 45.8. The number of carbonyl (C=O) groups excluding carboxylic acids is 1. The Morgan fingerprint density at radius 2 is 1.57 bits per heavy atom. The monoisotopic (exact) mass is 881 g/mol. The van der Waals surface area contributed by atoms with Gasteiger partial charge in [-0.2, -0.15) is 10.2 Å². The first-order chi connectivity index (χ1) is 30.3. The highest BCUT2D eigenvalue weighted by Gasteiger charge is 2.68. The molecule has 63 heavy (non-hydrogen) atoms. The van der Waals surface area contributed by atoms with Gasteiger partial charge in [-0.1, -0.05) is 68.4 Å². The molecule has 2 aliphatic heterocycles. The largest absolute Gasteiger partial charge is 0.497 e. The normalized spacial score (nSPS) is 20.7. The minimum Gasteiger partial charge on any atom is -0.497 e. The van der Waals surface area contributed by atoms with Gasteiger partial charge in [-0.15, -0.1) is 0 Å². The third-order valence-corrected chi connectivity index (χ3v) is 13.6. The van der Waals surface area contributed by atoms with Gasteiger partial charge in [-0.3, -0.25) is 24.5 Å². The summed E-state index contributed by atoms with van der Waals surface area (Å²) in [6.07, 6.45) is -1.70. The van der Waals surface area contributed by atoms with E-state index in [4.69, 9.17) is 32.7 Å². The molecule has 5 aromatic rings. The predicted molar refractivity (Wildman–Crippen MR) is 237 cm³/mol. The summed E-state index contributed by atoms with van der Waals surface area (Å²) in [5.74, 6) is 0.656. The van der Waals surface area contributed by atoms with E-state index in [0.29, 0.717) is 11.5 Å². The molecule has 4 heterocycles. The molecule has 2 N–H and O–H groups in total. The fourth-order valence-corrected chi connectivity index (χ4v) is 10.1. The topological polar surface area (TPSA) is 184 Å². The second-order valence-corrected chi connectivity index (χ2v) is 17.9. The summed E-state index contributed by atoms with van der Waals surface area (Å²) in [5.41, 5.74) is -0.389. The molecule has 3 aromatic carbocycles. The van der Waals surface area contributed by atoms with Crippen molar-refractivity contribution in [3.05, 3.63) is 112 Å². The Hall–Kier alpha value is -5.24. The van der Waals surface area contributed by atoms with E-state index >= 15 is 0 Å². The van der Waals surface area contributed by atoms with Crippen LogP contribution in [0.4, 0.5) is 5.95 Å². The van der Waals surface area contributed by atoms with Gasteiger partial charge in [0.15, 0.2) is 17.4 Å². The summed E-state index contributed by atoms with van der Waals surface area (Å²) in [6.45, 7) is 13.9. The van der Waals surface area contributed by atoms with Crippen molar-refractivity contribution < 1.29 is 37.5 Å². The quantitative estimate of drug-likeness (QED) is 0.0474. The average molecular weight is 882 g/mol. The van der Waals surface area contributed by atoms with Crippen molar-refractivity contribution in [1.29, 1.82) is 5.26 Å². The minimum absolute atomic E-state index is 0.00312. The first-order valence-corrected chi connectivity index (χ1v) is 22.3. The van der Waals surface area contributed by atoms with Crippen LogP contribution in [-0.4, -0.2) is 93.5 Å². The molecule has 1 unspecified atom stereocenters. The average Bonchev–Trinajstić information content (AvgIpc) is 3.96. The number of aromatic amines is 1. The molecule has 0 saturated carbocycles. The van der Waals surface area contributed by atoms with Crippen molar-refractivity contribution in [1.82, 2.24) is 24.2 Å². The van der Waals surface area contributed by atoms with Crippen LogP contribution in [0, 0.1) is 17.2 Å². The van der Waals surface area contributed by atoms with Crippen LogP contribution in [0.1, 0.15) is 77.8 Å². The highest BCUT2D eigenvalue weighted by atomic mass is 31.2. The molecule has 0 spiro atoms. The molecule has 334 valence electrons. The maximum Gasteiger partial charge on any atom is 0.280 e. The number of nitrogens with zero attached hydrogens (tertiary/aromatic N) is 5. The molecule has 1 amide bonds. The van der Waals surface area contributed by atoms with Crippen LogP contribution < -0.4 is 20.3 Å². The molecular weight excluding hydrogens is 826 g/mol. The number of rotatable bonds is 19. The Morgan fingerprint density at radius 3 is 2.13 bits per heavy atom. The summed E-state index contributed by atoms with van der Waals surface area (Å²) >= 11 is 0. The van der Waals surface area contributed by atoms with E-state index in [1.54, 1.807) is 32.6 Å². The summed E-state index contributed by atoms with van der Waals surface area (Å²) in [7, 11) is 1.44. The summed E-state index contributed by atoms with van der Waals surface area (Å²) < 4.78 is 50.4. The third-order valence-electron chi connectivity index (χ3n) is 11.5. The Morgan fingerprint density at radius 1 is 0.968 bits per heavy atom. The maximum absolute atomic E-state index is 13.4. The molecule has 7 rings (SSSR count). The SMILES string of the molecule is COc1ccc(C(O[C@H](C)[C@@]23CO[C@@H]([C@H](n4cnc5c(=O)[nH]c(NC(=O)C(C)C)nc54)O2)[C@@H]3OP(OCCC#N)N(C(C)C)C(C)C)(c2ccccc2)c2ccc(OC)cc2)cc1. The number of hydrogen-bond acceptors (Lipinski definition) is 13. The highest BCUT2D eigenvalue weighted by Crippen LogP contribution is 2.58. The fraction of sp³-hybridized carbons (Fsp3) is 0.457. The number of benzene rings is 3. The van der Waals surface area contributed by atoms with E-state index in [2.05, 4.69) is 58.7 Å². The number of H-pyrrole nitrogens is 1. The van der Waals surface area contributed by atoms with Gasteiger partial charge in [0, 0.05) is 18.0 Å². The summed E-state index contributed by atoms with van der Waals surface area (Å²) in [6, 6.07) is 27.7. The zero-order valence-electron chi connectivity index (χ0n) is 37.1. The molecule has 0 radical (unpaired) electrons. The van der Waals surface area contributed by atoms with E-state index < -0.39 is 49.8 Å². The van der Waals surface area contributed by atoms with Gasteiger partial charge in [-0.05, 0) is 75.6 Å². The number of imidazole rings is 1. The number of fused-ring (bicyclic) bond motifs is 3. The smallest absolute Gasteiger partial charge is 0.280 e. The van der Waals surface area contributed by atoms with Crippen LogP contribution in [0.3, 0.4) is 0 Å². The van der Waals surface area contributed by atoms with Crippen molar-refractivity contribution in [2.24, 2.45) is 5.92 Å². The van der Waals surface area contributed by atoms with Crippen LogP contribution in [0.25, 0.3) is 11.2 Å². The molecular formula is C46H56N7O9P. The van der Waals surface area contributed by atoms with Crippen molar-refractivity contribution >= 4 is 31.5 Å². The lowest BCUT2D eigenvalue weighted by Crippen LogP contribution is -2.54. The van der Waals surface area contributed by atoms with Crippen molar-refractivity contribution in [2.75, 3.05) is 32.8 Å². The molecule has 2 fully saturated rings. The Bertz CT molecular complexity index is 2380. The zero-order chi connectivity index (χ0) is 45.1. The van der Waals surface area contributed by atoms with Crippen LogP contribution in [0.15, 0.2) is 90.0 Å². The van der Waals surface area contributed by atoms with Gasteiger partial charge < -0.3 is 32.7 Å². The minimum atomic E-state index is -1.81. The van der Waals surface area contributed by atoms with E-state index in [0.717, 1.165) is 16.7 Å². The highest BCUT2D eigenvalue weighted by molar-refractivity contribution is 7.44. The second-order valence-electron chi connectivity index (χ2n) is 16.5. The van der Waals surface area contributed by atoms with E-state index in [1.807, 2.05) is 85.8 Å². The molecule has 16 nitrogen and oxygen atoms in total. The van der Waals surface area contributed by atoms with E-state index in [1.165, 1.54) is 6.33 Å². The first-order valence-electron chi connectivity index (χ1n) is 21.1. The zero-order valence-corrected chi connectivity index (χ0v) is 38.0.